The fourth-order valence-electron chi connectivity index (χ4n) is 2.61. The van der Waals surface area contributed by atoms with Crippen LogP contribution in [0.5, 0.6) is 5.75 Å². The molecule has 0 radical (unpaired) electrons. The smallest absolute Gasteiger partial charge is 0.160 e. The van der Waals surface area contributed by atoms with Crippen LogP contribution >= 0.6 is 0 Å². The second-order valence-electron chi connectivity index (χ2n) is 5.32. The molecule has 0 saturated heterocycles. The maximum absolute atomic E-state index is 9.36. The van der Waals surface area contributed by atoms with Crippen molar-refractivity contribution in [2.75, 3.05) is 0 Å². The number of rotatable bonds is 3. The maximum atomic E-state index is 9.36. The van der Waals surface area contributed by atoms with Gasteiger partial charge in [-0.25, -0.2) is 9.97 Å². The highest BCUT2D eigenvalue weighted by Gasteiger charge is 2.28. The lowest BCUT2D eigenvalue weighted by molar-refractivity contribution is 0.475. The Labute approximate surface area is 116 Å². The maximum Gasteiger partial charge on any atom is 0.160 e. The van der Waals surface area contributed by atoms with Gasteiger partial charge in [0.15, 0.2) is 5.65 Å². The molecule has 0 amide bonds. The van der Waals surface area contributed by atoms with E-state index in [0.717, 1.165) is 29.0 Å². The first-order chi connectivity index (χ1) is 9.81. The third-order valence-corrected chi connectivity index (χ3v) is 3.73. The molecule has 1 aliphatic rings. The van der Waals surface area contributed by atoms with Gasteiger partial charge in [-0.2, -0.15) is 0 Å². The predicted molar refractivity (Wildman–Crippen MR) is 76.7 cm³/mol. The van der Waals surface area contributed by atoms with Crippen LogP contribution in [0.15, 0.2) is 42.6 Å². The van der Waals surface area contributed by atoms with E-state index in [1.165, 1.54) is 12.8 Å². The average molecular weight is 265 g/mol. The highest BCUT2D eigenvalue weighted by molar-refractivity contribution is 5.71. The SMILES string of the molecule is Oc1ccc(Cc2nc3cccnc3n2C2CC2)cc1. The van der Waals surface area contributed by atoms with Crippen molar-refractivity contribution in [2.45, 2.75) is 25.3 Å². The van der Waals surface area contributed by atoms with Crippen molar-refractivity contribution in [3.05, 3.63) is 54.0 Å². The largest absolute Gasteiger partial charge is 0.508 e. The number of hydrogen-bond acceptors (Lipinski definition) is 3. The van der Waals surface area contributed by atoms with Crippen molar-refractivity contribution in [2.24, 2.45) is 0 Å². The molecule has 4 rings (SSSR count). The minimum atomic E-state index is 0.297. The molecule has 1 aliphatic carbocycles. The Balaban J connectivity index is 1.78. The van der Waals surface area contributed by atoms with Gasteiger partial charge in [0.05, 0.1) is 0 Å². The van der Waals surface area contributed by atoms with E-state index < -0.39 is 0 Å². The van der Waals surface area contributed by atoms with Gasteiger partial charge in [0.2, 0.25) is 0 Å². The minimum Gasteiger partial charge on any atom is -0.508 e. The summed E-state index contributed by atoms with van der Waals surface area (Å²) in [5.41, 5.74) is 3.11. The number of phenols is 1. The van der Waals surface area contributed by atoms with Gasteiger partial charge in [0, 0.05) is 18.7 Å². The zero-order valence-electron chi connectivity index (χ0n) is 11.0. The fourth-order valence-corrected chi connectivity index (χ4v) is 2.61. The average Bonchev–Trinajstić information content (AvgIpc) is 3.23. The number of fused-ring (bicyclic) bond motifs is 1. The monoisotopic (exact) mass is 265 g/mol. The number of phenolic OH excluding ortho intramolecular Hbond substituents is 1. The van der Waals surface area contributed by atoms with Crippen LogP contribution in [0, 0.1) is 0 Å². The van der Waals surface area contributed by atoms with E-state index in [2.05, 4.69) is 9.55 Å². The normalized spacial score (nSPS) is 14.8. The Morgan fingerprint density at radius 2 is 1.95 bits per heavy atom. The van der Waals surface area contributed by atoms with Gasteiger partial charge < -0.3 is 9.67 Å². The molecule has 0 unspecified atom stereocenters. The Bertz CT molecular complexity index is 757. The molecule has 20 heavy (non-hydrogen) atoms. The zero-order chi connectivity index (χ0) is 13.5. The van der Waals surface area contributed by atoms with E-state index in [4.69, 9.17) is 4.98 Å². The van der Waals surface area contributed by atoms with Crippen LogP contribution in [0.2, 0.25) is 0 Å². The fraction of sp³-hybridized carbons (Fsp3) is 0.250. The number of pyridine rings is 1. The molecule has 2 heterocycles. The van der Waals surface area contributed by atoms with Crippen molar-refractivity contribution in [1.29, 1.82) is 0 Å². The van der Waals surface area contributed by atoms with Crippen LogP contribution in [-0.4, -0.2) is 19.6 Å². The highest BCUT2D eigenvalue weighted by atomic mass is 16.3. The number of aromatic nitrogens is 3. The summed E-state index contributed by atoms with van der Waals surface area (Å²) in [4.78, 5) is 9.21. The summed E-state index contributed by atoms with van der Waals surface area (Å²) in [6.07, 6.45) is 5.02. The molecule has 3 aromatic rings. The van der Waals surface area contributed by atoms with Gasteiger partial charge in [0.1, 0.15) is 17.1 Å². The summed E-state index contributed by atoms with van der Waals surface area (Å²) in [7, 11) is 0. The molecule has 1 saturated carbocycles. The molecule has 0 atom stereocenters. The Kier molecular flexibility index (Phi) is 2.49. The van der Waals surface area contributed by atoms with Gasteiger partial charge in [-0.1, -0.05) is 12.1 Å². The van der Waals surface area contributed by atoms with E-state index in [-0.39, 0.29) is 0 Å². The van der Waals surface area contributed by atoms with Crippen LogP contribution in [0.1, 0.15) is 30.3 Å². The van der Waals surface area contributed by atoms with Crippen molar-refractivity contribution >= 4 is 11.2 Å². The van der Waals surface area contributed by atoms with E-state index >= 15 is 0 Å². The quantitative estimate of drug-likeness (QED) is 0.791. The summed E-state index contributed by atoms with van der Waals surface area (Å²) in [5.74, 6) is 1.36. The van der Waals surface area contributed by atoms with E-state index in [0.29, 0.717) is 11.8 Å². The van der Waals surface area contributed by atoms with Gasteiger partial charge in [-0.15, -0.1) is 0 Å². The molecule has 1 fully saturated rings. The first-order valence-corrected chi connectivity index (χ1v) is 6.91. The molecular formula is C16H15N3O. The summed E-state index contributed by atoms with van der Waals surface area (Å²) in [6, 6.07) is 11.8. The third-order valence-electron chi connectivity index (χ3n) is 3.73. The number of hydrogen-bond donors (Lipinski definition) is 1. The van der Waals surface area contributed by atoms with E-state index in [1.807, 2.05) is 30.5 Å². The molecule has 0 aliphatic heterocycles. The third kappa shape index (κ3) is 1.93. The molecule has 1 aromatic carbocycles. The zero-order valence-corrected chi connectivity index (χ0v) is 11.0. The second kappa shape index (κ2) is 4.34. The number of imidazole rings is 1. The minimum absolute atomic E-state index is 0.297. The molecule has 100 valence electrons. The van der Waals surface area contributed by atoms with Gasteiger partial charge in [-0.3, -0.25) is 0 Å². The molecular weight excluding hydrogens is 250 g/mol. The molecule has 2 aromatic heterocycles. The van der Waals surface area contributed by atoms with Gasteiger partial charge in [0.25, 0.3) is 0 Å². The van der Waals surface area contributed by atoms with E-state index in [9.17, 15) is 5.11 Å². The van der Waals surface area contributed by atoms with Crippen LogP contribution in [-0.2, 0) is 6.42 Å². The summed E-state index contributed by atoms with van der Waals surface area (Å²) < 4.78 is 2.28. The summed E-state index contributed by atoms with van der Waals surface area (Å²) in [5, 5.41) is 9.36. The Morgan fingerprint density at radius 1 is 1.15 bits per heavy atom. The van der Waals surface area contributed by atoms with E-state index in [1.54, 1.807) is 12.1 Å². The van der Waals surface area contributed by atoms with Crippen LogP contribution in [0.25, 0.3) is 11.2 Å². The lowest BCUT2D eigenvalue weighted by Crippen LogP contribution is -2.03. The van der Waals surface area contributed by atoms with Gasteiger partial charge in [-0.05, 0) is 42.7 Å². The highest BCUT2D eigenvalue weighted by Crippen LogP contribution is 2.38. The first kappa shape index (κ1) is 11.5. The van der Waals surface area contributed by atoms with Crippen molar-refractivity contribution in [3.63, 3.8) is 0 Å². The first-order valence-electron chi connectivity index (χ1n) is 6.91. The Morgan fingerprint density at radius 3 is 2.70 bits per heavy atom. The van der Waals surface area contributed by atoms with Crippen LogP contribution in [0.3, 0.4) is 0 Å². The predicted octanol–water partition coefficient (Wildman–Crippen LogP) is 3.06. The molecule has 4 nitrogen and oxygen atoms in total. The standard InChI is InChI=1S/C16H15N3O/c20-13-7-3-11(4-8-13)10-15-18-14-2-1-9-17-16(14)19(15)12-5-6-12/h1-4,7-9,12,20H,5-6,10H2. The van der Waals surface area contributed by atoms with Crippen molar-refractivity contribution in [3.8, 4) is 5.75 Å². The molecule has 0 spiro atoms. The lowest BCUT2D eigenvalue weighted by Gasteiger charge is -2.07. The molecule has 1 N–H and O–H groups in total. The number of nitrogens with zero attached hydrogens (tertiary/aromatic N) is 3. The second-order valence-corrected chi connectivity index (χ2v) is 5.32. The topological polar surface area (TPSA) is 50.9 Å². The number of benzene rings is 1. The lowest BCUT2D eigenvalue weighted by atomic mass is 10.1. The summed E-state index contributed by atoms with van der Waals surface area (Å²) in [6.45, 7) is 0. The summed E-state index contributed by atoms with van der Waals surface area (Å²) >= 11 is 0. The van der Waals surface area contributed by atoms with Crippen molar-refractivity contribution < 1.29 is 5.11 Å². The van der Waals surface area contributed by atoms with Crippen molar-refractivity contribution in [1.82, 2.24) is 14.5 Å². The molecule has 0 bridgehead atoms. The number of aromatic hydroxyl groups is 1. The Hall–Kier alpha value is -2.36. The van der Waals surface area contributed by atoms with Crippen LogP contribution in [0.4, 0.5) is 0 Å². The van der Waals surface area contributed by atoms with Gasteiger partial charge >= 0.3 is 0 Å². The molecule has 4 heteroatoms. The van der Waals surface area contributed by atoms with Crippen LogP contribution < -0.4 is 0 Å².